The van der Waals surface area contributed by atoms with Crippen LogP contribution in [0.15, 0.2) is 36.9 Å². The van der Waals surface area contributed by atoms with Crippen LogP contribution in [0.2, 0.25) is 0 Å². The van der Waals surface area contributed by atoms with E-state index in [4.69, 9.17) is 9.47 Å². The SMILES string of the molecule is C=C1Cc2cc3ccc4cc5c6c7c(cc8c9c7c7c(c1c2c1c3c4c6c71)C9CCC8C(Br)(C(=O)OCC)C(=O)OCC)C5. The Hall–Kier alpha value is -3.96. The highest BCUT2D eigenvalue weighted by atomic mass is 79.9. The quantitative estimate of drug-likeness (QED) is 0.0817. The van der Waals surface area contributed by atoms with Gasteiger partial charge in [0.1, 0.15) is 0 Å². The van der Waals surface area contributed by atoms with Crippen LogP contribution in [0.1, 0.15) is 77.5 Å². The maximum absolute atomic E-state index is 13.7. The van der Waals surface area contributed by atoms with Gasteiger partial charge in [-0.15, -0.1) is 0 Å². The van der Waals surface area contributed by atoms with Gasteiger partial charge in [0.2, 0.25) is 4.32 Å². The van der Waals surface area contributed by atoms with Crippen molar-refractivity contribution in [2.75, 3.05) is 13.2 Å². The summed E-state index contributed by atoms with van der Waals surface area (Å²) in [6.07, 6.45) is 3.25. The molecule has 0 amide bonds. The van der Waals surface area contributed by atoms with Crippen LogP contribution in [-0.4, -0.2) is 29.5 Å². The van der Waals surface area contributed by atoms with Gasteiger partial charge in [-0.2, -0.15) is 0 Å². The summed E-state index contributed by atoms with van der Waals surface area (Å²) in [6, 6.07) is 11.8. The number of allylic oxidation sites excluding steroid dienone is 1. The Labute approximate surface area is 261 Å². The molecule has 0 spiro atoms. The first-order chi connectivity index (χ1) is 21.4. The number of ether oxygens (including phenoxy) is 2. The lowest BCUT2D eigenvalue weighted by Gasteiger charge is -2.38. The third-order valence-electron chi connectivity index (χ3n) is 11.7. The number of hydrogen-bond acceptors (Lipinski definition) is 4. The molecule has 0 radical (unpaired) electrons. The van der Waals surface area contributed by atoms with Gasteiger partial charge in [0.25, 0.3) is 0 Å². The predicted molar refractivity (Wildman–Crippen MR) is 179 cm³/mol. The third-order valence-corrected chi connectivity index (χ3v) is 12.9. The predicted octanol–water partition coefficient (Wildman–Crippen LogP) is 8.98. The molecule has 7 aromatic carbocycles. The summed E-state index contributed by atoms with van der Waals surface area (Å²) in [6.45, 7) is 8.62. The van der Waals surface area contributed by atoms with Crippen molar-refractivity contribution in [1.29, 1.82) is 0 Å². The molecule has 4 aliphatic carbocycles. The summed E-state index contributed by atoms with van der Waals surface area (Å²) in [7, 11) is 0. The largest absolute Gasteiger partial charge is 0.464 e. The number of rotatable bonds is 5. The number of carbonyl (C=O) groups excluding carboxylic acids is 2. The molecular formula is C39H27BrO4. The lowest BCUT2D eigenvalue weighted by molar-refractivity contribution is -0.159. The van der Waals surface area contributed by atoms with E-state index in [9.17, 15) is 9.59 Å². The average molecular weight is 640 g/mol. The zero-order valence-electron chi connectivity index (χ0n) is 24.5. The van der Waals surface area contributed by atoms with Crippen molar-refractivity contribution in [3.05, 3.63) is 75.9 Å². The van der Waals surface area contributed by atoms with Crippen LogP contribution in [0.25, 0.3) is 70.2 Å². The van der Waals surface area contributed by atoms with Gasteiger partial charge in [-0.25, -0.2) is 9.59 Å². The number of benzene rings is 6. The smallest absolute Gasteiger partial charge is 0.335 e. The van der Waals surface area contributed by atoms with Crippen molar-refractivity contribution >= 4 is 98.1 Å². The number of fused-ring (bicyclic) bond motifs is 2. The van der Waals surface area contributed by atoms with E-state index in [1.54, 1.807) is 13.8 Å². The van der Waals surface area contributed by atoms with E-state index in [-0.39, 0.29) is 19.1 Å². The topological polar surface area (TPSA) is 52.6 Å². The summed E-state index contributed by atoms with van der Waals surface area (Å²) >= 11 is 3.71. The van der Waals surface area contributed by atoms with Crippen molar-refractivity contribution in [2.45, 2.75) is 55.7 Å². The third kappa shape index (κ3) is 2.32. The van der Waals surface area contributed by atoms with Crippen LogP contribution in [0.4, 0.5) is 0 Å². The van der Waals surface area contributed by atoms with Crippen LogP contribution < -0.4 is 0 Å². The average Bonchev–Trinajstić information content (AvgIpc) is 3.74. The Bertz CT molecular complexity index is 2540. The lowest BCUT2D eigenvalue weighted by atomic mass is 9.69. The second-order valence-electron chi connectivity index (χ2n) is 13.5. The minimum Gasteiger partial charge on any atom is -0.464 e. The zero-order valence-corrected chi connectivity index (χ0v) is 26.1. The molecule has 2 atom stereocenters. The molecule has 0 bridgehead atoms. The van der Waals surface area contributed by atoms with Gasteiger partial charge >= 0.3 is 11.9 Å². The van der Waals surface area contributed by atoms with Gasteiger partial charge in [-0.1, -0.05) is 52.8 Å². The minimum atomic E-state index is -1.61. The van der Waals surface area contributed by atoms with Crippen LogP contribution in [-0.2, 0) is 31.9 Å². The van der Waals surface area contributed by atoms with Gasteiger partial charge in [0, 0.05) is 11.8 Å². The van der Waals surface area contributed by atoms with E-state index in [1.807, 2.05) is 0 Å². The van der Waals surface area contributed by atoms with Gasteiger partial charge < -0.3 is 9.47 Å². The highest BCUT2D eigenvalue weighted by Gasteiger charge is 2.57. The van der Waals surface area contributed by atoms with Crippen molar-refractivity contribution < 1.29 is 19.1 Å². The van der Waals surface area contributed by atoms with Crippen molar-refractivity contribution in [3.8, 4) is 0 Å². The monoisotopic (exact) mass is 638 g/mol. The van der Waals surface area contributed by atoms with Crippen LogP contribution >= 0.6 is 15.9 Å². The Morgan fingerprint density at radius 3 is 2.00 bits per heavy atom. The molecule has 0 aliphatic heterocycles. The van der Waals surface area contributed by atoms with Crippen LogP contribution in [0.3, 0.4) is 0 Å². The van der Waals surface area contributed by atoms with Crippen LogP contribution in [0.5, 0.6) is 0 Å². The minimum absolute atomic E-state index is 0.194. The van der Waals surface area contributed by atoms with Gasteiger partial charge in [0.15, 0.2) is 0 Å². The molecule has 0 heterocycles. The standard InChI is InChI=1S/C39H27BrO4/c1-4-43-37(41)39(40,38(42)44-5-2)23-9-8-21-30-22(23)14-20-13-19-12-17-7-6-16-11-18-10-15(3)24-27(18)32-25(16)26(17)33-28(19)29(20)34(30)35(31(21)24)36(32)33/h6-7,11-12,14,21,23H,3-5,8-10,13H2,1-2H3. The fourth-order valence-electron chi connectivity index (χ4n) is 10.4. The molecule has 7 aromatic rings. The number of carbonyl (C=O) groups is 2. The Morgan fingerprint density at radius 1 is 0.750 bits per heavy atom. The molecule has 4 aliphatic rings. The summed E-state index contributed by atoms with van der Waals surface area (Å²) in [5, 5.41) is 16.8. The normalized spacial score (nSPS) is 19.8. The lowest BCUT2D eigenvalue weighted by Crippen LogP contribution is -2.49. The maximum atomic E-state index is 13.7. The molecule has 44 heavy (non-hydrogen) atoms. The highest BCUT2D eigenvalue weighted by molar-refractivity contribution is 9.10. The fourth-order valence-corrected chi connectivity index (χ4v) is 11.1. The molecule has 0 saturated heterocycles. The number of alkyl halides is 1. The number of esters is 2. The zero-order chi connectivity index (χ0) is 29.5. The Kier molecular flexibility index (Phi) is 4.13. The summed E-state index contributed by atoms with van der Waals surface area (Å²) < 4.78 is 9.53. The first kappa shape index (κ1) is 24.4. The summed E-state index contributed by atoms with van der Waals surface area (Å²) in [5.41, 5.74) is 10.5. The second kappa shape index (κ2) is 7.46. The first-order valence-electron chi connectivity index (χ1n) is 15.9. The molecule has 5 heteroatoms. The Morgan fingerprint density at radius 2 is 1.32 bits per heavy atom. The van der Waals surface area contributed by atoms with E-state index in [2.05, 4.69) is 52.8 Å². The number of halogens is 1. The van der Waals surface area contributed by atoms with Gasteiger partial charge in [-0.3, -0.25) is 0 Å². The molecule has 0 aromatic heterocycles. The van der Waals surface area contributed by atoms with Crippen LogP contribution in [0, 0.1) is 0 Å². The Balaban J connectivity index is 1.34. The van der Waals surface area contributed by atoms with Crippen molar-refractivity contribution in [2.24, 2.45) is 0 Å². The molecular weight excluding hydrogens is 612 g/mol. The molecule has 0 saturated carbocycles. The maximum Gasteiger partial charge on any atom is 0.335 e. The molecule has 0 N–H and O–H groups in total. The van der Waals surface area contributed by atoms with Crippen molar-refractivity contribution in [1.82, 2.24) is 0 Å². The molecule has 11 rings (SSSR count). The molecule has 4 nitrogen and oxygen atoms in total. The first-order valence-corrected chi connectivity index (χ1v) is 16.7. The van der Waals surface area contributed by atoms with E-state index in [0.29, 0.717) is 6.42 Å². The summed E-state index contributed by atoms with van der Waals surface area (Å²) in [4.78, 5) is 27.4. The fraction of sp³-hybridized carbons (Fsp3) is 0.282. The molecule has 214 valence electrons. The van der Waals surface area contributed by atoms with E-state index < -0.39 is 22.2 Å². The van der Waals surface area contributed by atoms with Crippen molar-refractivity contribution in [3.63, 3.8) is 0 Å². The van der Waals surface area contributed by atoms with E-state index in [0.717, 1.165) is 24.8 Å². The number of hydrogen-bond donors (Lipinski definition) is 0. The van der Waals surface area contributed by atoms with E-state index in [1.165, 1.54) is 104 Å². The highest BCUT2D eigenvalue weighted by Crippen LogP contribution is 2.66. The van der Waals surface area contributed by atoms with Gasteiger partial charge in [0.05, 0.1) is 13.2 Å². The summed E-state index contributed by atoms with van der Waals surface area (Å²) in [5.74, 6) is -1.33. The second-order valence-corrected chi connectivity index (χ2v) is 14.7. The molecule has 2 unspecified atom stereocenters. The van der Waals surface area contributed by atoms with E-state index >= 15 is 0 Å². The van der Waals surface area contributed by atoms with Gasteiger partial charge in [-0.05, 0) is 149 Å². The molecule has 0 fully saturated rings.